The Bertz CT molecular complexity index is 757. The lowest BCUT2D eigenvalue weighted by atomic mass is 10.1. The van der Waals surface area contributed by atoms with Gasteiger partial charge in [-0.15, -0.1) is 11.3 Å². The number of nitrogens with one attached hydrogen (secondary N) is 1. The third kappa shape index (κ3) is 4.43. The van der Waals surface area contributed by atoms with Crippen LogP contribution in [0.25, 0.3) is 0 Å². The van der Waals surface area contributed by atoms with Gasteiger partial charge in [0.15, 0.2) is 0 Å². The predicted octanol–water partition coefficient (Wildman–Crippen LogP) is 2.76. The first-order valence-electron chi connectivity index (χ1n) is 8.32. The van der Waals surface area contributed by atoms with Gasteiger partial charge in [0.25, 0.3) is 5.69 Å². The number of fused-ring (bicyclic) bond motifs is 1. The lowest BCUT2D eigenvalue weighted by molar-refractivity contribution is -0.384. The number of rotatable bonds is 6. The molecule has 0 spiro atoms. The van der Waals surface area contributed by atoms with Crippen LogP contribution < -0.4 is 5.32 Å². The number of carbonyl (C=O) groups is 1. The van der Waals surface area contributed by atoms with Gasteiger partial charge in [-0.1, -0.05) is 12.1 Å². The molecule has 1 aromatic carbocycles. The molecule has 0 radical (unpaired) electrons. The van der Waals surface area contributed by atoms with Crippen molar-refractivity contribution in [2.75, 3.05) is 13.1 Å². The minimum atomic E-state index is -0.441. The number of nitro benzene ring substituents is 1. The van der Waals surface area contributed by atoms with E-state index in [0.717, 1.165) is 25.1 Å². The first-order valence-corrected chi connectivity index (χ1v) is 9.20. The Kier molecular flexibility index (Phi) is 5.45. The quantitative estimate of drug-likeness (QED) is 0.636. The molecule has 1 N–H and O–H groups in total. The van der Waals surface area contributed by atoms with Crippen LogP contribution in [0.15, 0.2) is 35.7 Å². The van der Waals surface area contributed by atoms with Gasteiger partial charge < -0.3 is 5.32 Å². The number of thiophene rings is 1. The summed E-state index contributed by atoms with van der Waals surface area (Å²) in [6.45, 7) is 4.69. The molecule has 1 aliphatic heterocycles. The van der Waals surface area contributed by atoms with E-state index >= 15 is 0 Å². The zero-order valence-corrected chi connectivity index (χ0v) is 14.9. The molecule has 132 valence electrons. The Labute approximate surface area is 150 Å². The van der Waals surface area contributed by atoms with E-state index in [-0.39, 0.29) is 24.1 Å². The van der Waals surface area contributed by atoms with Gasteiger partial charge >= 0.3 is 0 Å². The highest BCUT2D eigenvalue weighted by Gasteiger charge is 2.21. The first-order chi connectivity index (χ1) is 12.0. The van der Waals surface area contributed by atoms with Gasteiger partial charge in [0.1, 0.15) is 0 Å². The SMILES string of the molecule is C[C@H](CNC(=O)Cc1ccc([N+](=O)[O-])cc1)N1CCc2sccc2C1. The molecule has 7 heteroatoms. The molecule has 3 rings (SSSR count). The minimum absolute atomic E-state index is 0.0377. The molecule has 25 heavy (non-hydrogen) atoms. The summed E-state index contributed by atoms with van der Waals surface area (Å²) in [5.41, 5.74) is 2.22. The van der Waals surface area contributed by atoms with Crippen molar-refractivity contribution in [3.8, 4) is 0 Å². The largest absolute Gasteiger partial charge is 0.354 e. The molecule has 1 aliphatic rings. The lowest BCUT2D eigenvalue weighted by Crippen LogP contribution is -2.44. The van der Waals surface area contributed by atoms with Crippen LogP contribution in [0.4, 0.5) is 5.69 Å². The molecule has 0 saturated carbocycles. The standard InChI is InChI=1S/C18H21N3O3S/c1-13(20-8-6-17-15(12-20)7-9-25-17)11-19-18(22)10-14-2-4-16(5-3-14)21(23)24/h2-5,7,9,13H,6,8,10-12H2,1H3,(H,19,22)/t13-/m1/s1. The summed E-state index contributed by atoms with van der Waals surface area (Å²) in [4.78, 5) is 26.2. The molecule has 0 saturated heterocycles. The van der Waals surface area contributed by atoms with Crippen molar-refractivity contribution >= 4 is 22.9 Å². The van der Waals surface area contributed by atoms with Crippen LogP contribution in [0.2, 0.25) is 0 Å². The highest BCUT2D eigenvalue weighted by atomic mass is 32.1. The van der Waals surface area contributed by atoms with Crippen LogP contribution in [-0.2, 0) is 24.2 Å². The summed E-state index contributed by atoms with van der Waals surface area (Å²) in [5.74, 6) is -0.0612. The summed E-state index contributed by atoms with van der Waals surface area (Å²) in [6, 6.07) is 8.57. The van der Waals surface area contributed by atoms with Crippen LogP contribution in [-0.4, -0.2) is 34.9 Å². The summed E-state index contributed by atoms with van der Waals surface area (Å²) in [5, 5.41) is 15.8. The summed E-state index contributed by atoms with van der Waals surface area (Å²) < 4.78 is 0. The monoisotopic (exact) mass is 359 g/mol. The first kappa shape index (κ1) is 17.6. The average Bonchev–Trinajstić information content (AvgIpc) is 3.07. The Balaban J connectivity index is 1.46. The number of benzene rings is 1. The Hall–Kier alpha value is -2.25. The maximum atomic E-state index is 12.1. The molecule has 1 amide bonds. The Morgan fingerprint density at radius 1 is 1.36 bits per heavy atom. The molecule has 1 aromatic heterocycles. The summed E-state index contributed by atoms with van der Waals surface area (Å²) in [6.07, 6.45) is 1.31. The molecule has 0 aliphatic carbocycles. The second kappa shape index (κ2) is 7.76. The van der Waals surface area contributed by atoms with Gasteiger partial charge in [-0.25, -0.2) is 0 Å². The number of carbonyl (C=O) groups excluding carboxylic acids is 1. The van der Waals surface area contributed by atoms with E-state index in [1.54, 1.807) is 12.1 Å². The molecule has 2 heterocycles. The molecule has 2 aromatic rings. The Morgan fingerprint density at radius 3 is 2.84 bits per heavy atom. The molecule has 0 fully saturated rings. The van der Waals surface area contributed by atoms with Gasteiger partial charge in [-0.3, -0.25) is 19.8 Å². The fraction of sp³-hybridized carbons (Fsp3) is 0.389. The Morgan fingerprint density at radius 2 is 2.12 bits per heavy atom. The maximum Gasteiger partial charge on any atom is 0.269 e. The van der Waals surface area contributed by atoms with Crippen molar-refractivity contribution in [3.05, 3.63) is 61.8 Å². The number of hydrogen-bond donors (Lipinski definition) is 1. The van der Waals surface area contributed by atoms with Crippen LogP contribution >= 0.6 is 11.3 Å². The smallest absolute Gasteiger partial charge is 0.269 e. The molecular formula is C18H21N3O3S. The molecular weight excluding hydrogens is 338 g/mol. The van der Waals surface area contributed by atoms with Gasteiger partial charge in [0.05, 0.1) is 11.3 Å². The fourth-order valence-electron chi connectivity index (χ4n) is 3.02. The average molecular weight is 359 g/mol. The zero-order chi connectivity index (χ0) is 17.8. The van der Waals surface area contributed by atoms with Crippen molar-refractivity contribution in [3.63, 3.8) is 0 Å². The van der Waals surface area contributed by atoms with Crippen LogP contribution in [0, 0.1) is 10.1 Å². The third-order valence-electron chi connectivity index (χ3n) is 4.57. The molecule has 0 bridgehead atoms. The maximum absolute atomic E-state index is 12.1. The van der Waals surface area contributed by atoms with E-state index < -0.39 is 4.92 Å². The van der Waals surface area contributed by atoms with E-state index in [4.69, 9.17) is 0 Å². The van der Waals surface area contributed by atoms with Gasteiger partial charge in [-0.2, -0.15) is 0 Å². The topological polar surface area (TPSA) is 75.5 Å². The van der Waals surface area contributed by atoms with Gasteiger partial charge in [-0.05, 0) is 35.9 Å². The third-order valence-corrected chi connectivity index (χ3v) is 5.59. The van der Waals surface area contributed by atoms with Gasteiger partial charge in [0, 0.05) is 42.7 Å². The molecule has 0 unspecified atom stereocenters. The van der Waals surface area contributed by atoms with Crippen LogP contribution in [0.3, 0.4) is 0 Å². The van der Waals surface area contributed by atoms with E-state index in [0.29, 0.717) is 6.54 Å². The van der Waals surface area contributed by atoms with Crippen molar-refractivity contribution in [1.29, 1.82) is 0 Å². The van der Waals surface area contributed by atoms with Gasteiger partial charge in [0.2, 0.25) is 5.91 Å². The van der Waals surface area contributed by atoms with Crippen molar-refractivity contribution in [1.82, 2.24) is 10.2 Å². The molecule has 6 nitrogen and oxygen atoms in total. The van der Waals surface area contributed by atoms with Crippen LogP contribution in [0.5, 0.6) is 0 Å². The van der Waals surface area contributed by atoms with Crippen molar-refractivity contribution < 1.29 is 9.72 Å². The second-order valence-electron chi connectivity index (χ2n) is 6.34. The number of amides is 1. The fourth-order valence-corrected chi connectivity index (χ4v) is 3.91. The zero-order valence-electron chi connectivity index (χ0n) is 14.1. The van der Waals surface area contributed by atoms with E-state index in [1.165, 1.54) is 22.6 Å². The predicted molar refractivity (Wildman–Crippen MR) is 97.7 cm³/mol. The van der Waals surface area contributed by atoms with Crippen molar-refractivity contribution in [2.24, 2.45) is 0 Å². The lowest BCUT2D eigenvalue weighted by Gasteiger charge is -2.32. The minimum Gasteiger partial charge on any atom is -0.354 e. The second-order valence-corrected chi connectivity index (χ2v) is 7.34. The number of nitro groups is 1. The summed E-state index contributed by atoms with van der Waals surface area (Å²) in [7, 11) is 0. The normalized spacial score (nSPS) is 15.4. The van der Waals surface area contributed by atoms with E-state index in [2.05, 4.69) is 28.6 Å². The van der Waals surface area contributed by atoms with Crippen LogP contribution in [0.1, 0.15) is 22.9 Å². The molecule has 1 atom stereocenters. The number of non-ortho nitro benzene ring substituents is 1. The van der Waals surface area contributed by atoms with E-state index in [1.807, 2.05) is 11.3 Å². The van der Waals surface area contributed by atoms with E-state index in [9.17, 15) is 14.9 Å². The number of hydrogen-bond acceptors (Lipinski definition) is 5. The highest BCUT2D eigenvalue weighted by molar-refractivity contribution is 7.10. The van der Waals surface area contributed by atoms with Crippen molar-refractivity contribution in [2.45, 2.75) is 32.4 Å². The number of nitrogens with zero attached hydrogens (tertiary/aromatic N) is 2. The summed E-state index contributed by atoms with van der Waals surface area (Å²) >= 11 is 1.82. The highest BCUT2D eigenvalue weighted by Crippen LogP contribution is 2.25.